The maximum absolute atomic E-state index is 13.0. The van der Waals surface area contributed by atoms with Crippen LogP contribution in [0.4, 0.5) is 4.39 Å². The van der Waals surface area contributed by atoms with Crippen LogP contribution in [0.1, 0.15) is 12.8 Å². The molecule has 3 rings (SSSR count). The van der Waals surface area contributed by atoms with Crippen LogP contribution in [0.3, 0.4) is 0 Å². The lowest BCUT2D eigenvalue weighted by Crippen LogP contribution is -2.43. The Morgan fingerprint density at radius 3 is 2.34 bits per heavy atom. The van der Waals surface area contributed by atoms with Crippen LogP contribution in [0.15, 0.2) is 58.3 Å². The molecule has 0 saturated carbocycles. The Morgan fingerprint density at radius 1 is 1.10 bits per heavy atom. The highest BCUT2D eigenvalue weighted by Crippen LogP contribution is 2.24. The van der Waals surface area contributed by atoms with Crippen molar-refractivity contribution < 1.29 is 17.6 Å². The third-order valence-corrected chi connectivity index (χ3v) is 7.94. The predicted molar refractivity (Wildman–Crippen MR) is 113 cm³/mol. The predicted octanol–water partition coefficient (Wildman–Crippen LogP) is 3.79. The van der Waals surface area contributed by atoms with Gasteiger partial charge in [0.25, 0.3) is 0 Å². The molecule has 29 heavy (non-hydrogen) atoms. The Kier molecular flexibility index (Phi) is 7.56. The molecule has 2 aromatic carbocycles. The summed E-state index contributed by atoms with van der Waals surface area (Å²) < 4.78 is 39.7. The number of benzene rings is 2. The van der Waals surface area contributed by atoms with Crippen LogP contribution in [0, 0.1) is 11.7 Å². The van der Waals surface area contributed by atoms with Crippen molar-refractivity contribution in [3.05, 3.63) is 59.4 Å². The van der Waals surface area contributed by atoms with Gasteiger partial charge in [0, 0.05) is 41.2 Å². The zero-order chi connectivity index (χ0) is 20.9. The first-order valence-electron chi connectivity index (χ1n) is 9.28. The van der Waals surface area contributed by atoms with Crippen molar-refractivity contribution in [3.8, 4) is 0 Å². The average molecular weight is 457 g/mol. The number of carbonyl (C=O) groups excluding carboxylic acids is 1. The zero-order valence-corrected chi connectivity index (χ0v) is 18.1. The van der Waals surface area contributed by atoms with E-state index in [2.05, 4.69) is 5.32 Å². The molecule has 0 radical (unpaired) electrons. The average Bonchev–Trinajstić information content (AvgIpc) is 2.73. The number of piperidine rings is 1. The van der Waals surface area contributed by atoms with Gasteiger partial charge in [-0.15, -0.1) is 11.8 Å². The molecule has 1 fully saturated rings. The number of nitrogens with zero attached hydrogens (tertiary/aromatic N) is 1. The number of sulfonamides is 1. The summed E-state index contributed by atoms with van der Waals surface area (Å²) in [6.45, 7) is 1.09. The molecule has 5 nitrogen and oxygen atoms in total. The molecule has 9 heteroatoms. The third kappa shape index (κ3) is 5.94. The number of hydrogen-bond acceptors (Lipinski definition) is 4. The first-order chi connectivity index (χ1) is 13.9. The minimum atomic E-state index is -3.66. The lowest BCUT2D eigenvalue weighted by molar-refractivity contribution is -0.125. The van der Waals surface area contributed by atoms with Gasteiger partial charge in [0.1, 0.15) is 5.82 Å². The van der Waals surface area contributed by atoms with E-state index < -0.39 is 15.8 Å². The summed E-state index contributed by atoms with van der Waals surface area (Å²) in [4.78, 5) is 13.5. The maximum Gasteiger partial charge on any atom is 0.243 e. The highest BCUT2D eigenvalue weighted by atomic mass is 35.5. The van der Waals surface area contributed by atoms with E-state index in [0.29, 0.717) is 24.4 Å². The van der Waals surface area contributed by atoms with Gasteiger partial charge in [-0.1, -0.05) is 11.6 Å². The monoisotopic (exact) mass is 456 g/mol. The first-order valence-corrected chi connectivity index (χ1v) is 12.1. The number of rotatable bonds is 7. The van der Waals surface area contributed by atoms with Crippen LogP contribution < -0.4 is 5.32 Å². The van der Waals surface area contributed by atoms with E-state index in [1.165, 1.54) is 16.4 Å². The summed E-state index contributed by atoms with van der Waals surface area (Å²) in [6, 6.07) is 12.3. The molecule has 1 N–H and O–H groups in total. The largest absolute Gasteiger partial charge is 0.355 e. The van der Waals surface area contributed by atoms with Crippen molar-refractivity contribution >= 4 is 39.3 Å². The van der Waals surface area contributed by atoms with Crippen LogP contribution in [0.25, 0.3) is 0 Å². The molecular formula is C20H22ClFN2O3S2. The van der Waals surface area contributed by atoms with Crippen molar-refractivity contribution in [2.75, 3.05) is 25.4 Å². The molecule has 0 atom stereocenters. The number of hydrogen-bond donors (Lipinski definition) is 1. The summed E-state index contributed by atoms with van der Waals surface area (Å²) in [7, 11) is -3.66. The Balaban J connectivity index is 1.43. The van der Waals surface area contributed by atoms with E-state index in [1.807, 2.05) is 24.3 Å². The number of nitrogens with one attached hydrogen (secondary N) is 1. The minimum Gasteiger partial charge on any atom is -0.355 e. The molecule has 0 aromatic heterocycles. The zero-order valence-electron chi connectivity index (χ0n) is 15.7. The molecule has 156 valence electrons. The summed E-state index contributed by atoms with van der Waals surface area (Å²) in [5, 5.41) is 3.62. The molecule has 1 heterocycles. The second-order valence-corrected chi connectivity index (χ2v) is 10.3. The molecule has 1 aliphatic rings. The number of carbonyl (C=O) groups is 1. The van der Waals surface area contributed by atoms with Crippen LogP contribution in [0.2, 0.25) is 5.02 Å². The Labute approximate surface area is 179 Å². The summed E-state index contributed by atoms with van der Waals surface area (Å²) in [6.07, 6.45) is 0.938. The van der Waals surface area contributed by atoms with Crippen molar-refractivity contribution in [2.24, 2.45) is 5.92 Å². The highest BCUT2D eigenvalue weighted by molar-refractivity contribution is 7.99. The molecule has 0 unspecified atom stereocenters. The lowest BCUT2D eigenvalue weighted by Gasteiger charge is -2.30. The Bertz CT molecular complexity index is 929. The van der Waals surface area contributed by atoms with Gasteiger partial charge in [-0.3, -0.25) is 4.79 Å². The van der Waals surface area contributed by atoms with Crippen molar-refractivity contribution in [1.29, 1.82) is 0 Å². The fraction of sp³-hybridized carbons (Fsp3) is 0.350. The second-order valence-electron chi connectivity index (χ2n) is 6.73. The van der Waals surface area contributed by atoms with E-state index in [0.717, 1.165) is 22.8 Å². The smallest absolute Gasteiger partial charge is 0.243 e. The second kappa shape index (κ2) is 9.93. The quantitative estimate of drug-likeness (QED) is 0.508. The molecular weight excluding hydrogens is 435 g/mol. The normalized spacial score (nSPS) is 15.9. The van der Waals surface area contributed by atoms with Crippen molar-refractivity contribution in [2.45, 2.75) is 22.6 Å². The standard InChI is InChI=1S/C20H22ClFN2O3S2/c21-16-1-5-18(6-2-16)28-14-11-23-20(25)15-9-12-24(13-10-15)29(26,27)19-7-3-17(22)4-8-19/h1-8,15H,9-14H2,(H,23,25). The van der Waals surface area contributed by atoms with Crippen LogP contribution in [0.5, 0.6) is 0 Å². The Hall–Kier alpha value is -1.61. The maximum atomic E-state index is 13.0. The number of amides is 1. The van der Waals surface area contributed by atoms with E-state index >= 15 is 0 Å². The fourth-order valence-electron chi connectivity index (χ4n) is 3.13. The van der Waals surface area contributed by atoms with E-state index in [1.54, 1.807) is 11.8 Å². The van der Waals surface area contributed by atoms with Gasteiger partial charge in [0.2, 0.25) is 15.9 Å². The minimum absolute atomic E-state index is 0.0412. The number of halogens is 2. The van der Waals surface area contributed by atoms with Gasteiger partial charge in [0.15, 0.2) is 0 Å². The van der Waals surface area contributed by atoms with E-state index in [-0.39, 0.29) is 29.8 Å². The van der Waals surface area contributed by atoms with Gasteiger partial charge in [-0.05, 0) is 61.4 Å². The van der Waals surface area contributed by atoms with Gasteiger partial charge >= 0.3 is 0 Å². The molecule has 0 aliphatic carbocycles. The molecule has 1 amide bonds. The van der Waals surface area contributed by atoms with Crippen molar-refractivity contribution in [1.82, 2.24) is 9.62 Å². The SMILES string of the molecule is O=C(NCCSc1ccc(Cl)cc1)C1CCN(S(=O)(=O)c2ccc(F)cc2)CC1. The molecule has 1 aliphatic heterocycles. The van der Waals surface area contributed by atoms with Crippen LogP contribution >= 0.6 is 23.4 Å². The van der Waals surface area contributed by atoms with E-state index in [4.69, 9.17) is 11.6 Å². The highest BCUT2D eigenvalue weighted by Gasteiger charge is 2.31. The van der Waals surface area contributed by atoms with Gasteiger partial charge < -0.3 is 5.32 Å². The van der Waals surface area contributed by atoms with Gasteiger partial charge in [-0.25, -0.2) is 12.8 Å². The number of thioether (sulfide) groups is 1. The molecule has 2 aromatic rings. The summed E-state index contributed by atoms with van der Waals surface area (Å²) >= 11 is 7.49. The van der Waals surface area contributed by atoms with Crippen molar-refractivity contribution in [3.63, 3.8) is 0 Å². The fourth-order valence-corrected chi connectivity index (χ4v) is 5.50. The lowest BCUT2D eigenvalue weighted by atomic mass is 9.97. The first kappa shape index (κ1) is 22.1. The Morgan fingerprint density at radius 2 is 1.72 bits per heavy atom. The third-order valence-electron chi connectivity index (χ3n) is 4.76. The van der Waals surface area contributed by atoms with Gasteiger partial charge in [-0.2, -0.15) is 4.31 Å². The molecule has 0 bridgehead atoms. The molecule has 0 spiro atoms. The summed E-state index contributed by atoms with van der Waals surface area (Å²) in [5.74, 6) is 0.0230. The van der Waals surface area contributed by atoms with Gasteiger partial charge in [0.05, 0.1) is 4.90 Å². The van der Waals surface area contributed by atoms with E-state index in [9.17, 15) is 17.6 Å². The topological polar surface area (TPSA) is 66.5 Å². The molecule has 1 saturated heterocycles. The van der Waals surface area contributed by atoms with Crippen LogP contribution in [-0.2, 0) is 14.8 Å². The van der Waals surface area contributed by atoms with Crippen LogP contribution in [-0.4, -0.2) is 44.0 Å². The summed E-state index contributed by atoms with van der Waals surface area (Å²) in [5.41, 5.74) is 0.